The van der Waals surface area contributed by atoms with Crippen LogP contribution in [-0.4, -0.2) is 10.2 Å². The predicted octanol–water partition coefficient (Wildman–Crippen LogP) is 3.38. The van der Waals surface area contributed by atoms with Gasteiger partial charge in [0, 0.05) is 16.3 Å². The smallest absolute Gasteiger partial charge is 0.150 e. The maximum atomic E-state index is 5.64. The van der Waals surface area contributed by atoms with Crippen molar-refractivity contribution in [2.45, 2.75) is 29.3 Å². The number of alkyl halides is 1. The Kier molecular flexibility index (Phi) is 3.69. The lowest BCUT2D eigenvalue weighted by Gasteiger charge is -1.97. The average Bonchev–Trinajstić information content (AvgIpc) is 2.34. The van der Waals surface area contributed by atoms with Gasteiger partial charge in [-0.15, -0.1) is 22.9 Å². The standard InChI is InChI=1S/C7H10ClNS2/c1-5(2)10-7-9-4-6(3-8)11-7/h4-5H,3H2,1-2H3. The number of thioether (sulfide) groups is 1. The van der Waals surface area contributed by atoms with Gasteiger partial charge in [0.05, 0.1) is 5.88 Å². The van der Waals surface area contributed by atoms with Crippen LogP contribution in [0.1, 0.15) is 18.7 Å². The first-order valence-corrected chi connectivity index (χ1v) is 5.62. The van der Waals surface area contributed by atoms with Crippen molar-refractivity contribution in [3.8, 4) is 0 Å². The summed E-state index contributed by atoms with van der Waals surface area (Å²) < 4.78 is 1.12. The number of rotatable bonds is 3. The Bertz CT molecular complexity index is 222. The fourth-order valence-electron chi connectivity index (χ4n) is 0.607. The minimum absolute atomic E-state index is 0.580. The molecule has 0 N–H and O–H groups in total. The van der Waals surface area contributed by atoms with Gasteiger partial charge in [0.2, 0.25) is 0 Å². The Balaban J connectivity index is 2.58. The Hall–Kier alpha value is 0.270. The van der Waals surface area contributed by atoms with Crippen LogP contribution in [-0.2, 0) is 5.88 Å². The summed E-state index contributed by atoms with van der Waals surface area (Å²) in [6.07, 6.45) is 1.85. The molecule has 0 amide bonds. The molecule has 1 aromatic heterocycles. The van der Waals surface area contributed by atoms with Crippen molar-refractivity contribution in [3.05, 3.63) is 11.1 Å². The number of nitrogens with zero attached hydrogens (tertiary/aromatic N) is 1. The Morgan fingerprint density at radius 3 is 2.91 bits per heavy atom. The fourth-order valence-corrected chi connectivity index (χ4v) is 2.94. The topological polar surface area (TPSA) is 12.9 Å². The second kappa shape index (κ2) is 4.33. The minimum Gasteiger partial charge on any atom is -0.238 e. The van der Waals surface area contributed by atoms with Gasteiger partial charge < -0.3 is 0 Å². The molecule has 11 heavy (non-hydrogen) atoms. The van der Waals surface area contributed by atoms with Crippen molar-refractivity contribution >= 4 is 34.7 Å². The van der Waals surface area contributed by atoms with Crippen molar-refractivity contribution in [2.24, 2.45) is 0 Å². The van der Waals surface area contributed by atoms with Gasteiger partial charge in [0.1, 0.15) is 4.34 Å². The highest BCUT2D eigenvalue weighted by Crippen LogP contribution is 2.27. The van der Waals surface area contributed by atoms with Crippen LogP contribution in [0.2, 0.25) is 0 Å². The third-order valence-electron chi connectivity index (χ3n) is 1.00. The highest BCUT2D eigenvalue weighted by atomic mass is 35.5. The number of thiazole rings is 1. The summed E-state index contributed by atoms with van der Waals surface area (Å²) >= 11 is 9.10. The molecule has 1 rings (SSSR count). The Morgan fingerprint density at radius 2 is 2.45 bits per heavy atom. The largest absolute Gasteiger partial charge is 0.238 e. The van der Waals surface area contributed by atoms with E-state index in [9.17, 15) is 0 Å². The summed E-state index contributed by atoms with van der Waals surface area (Å²) in [5.41, 5.74) is 0. The molecular weight excluding hydrogens is 198 g/mol. The van der Waals surface area contributed by atoms with E-state index >= 15 is 0 Å². The van der Waals surface area contributed by atoms with Crippen molar-refractivity contribution < 1.29 is 0 Å². The molecule has 0 fully saturated rings. The van der Waals surface area contributed by atoms with E-state index in [-0.39, 0.29) is 0 Å². The summed E-state index contributed by atoms with van der Waals surface area (Å²) in [5.74, 6) is 0.580. The van der Waals surface area contributed by atoms with E-state index in [2.05, 4.69) is 18.8 Å². The summed E-state index contributed by atoms with van der Waals surface area (Å²) in [4.78, 5) is 5.37. The molecule has 0 atom stereocenters. The van der Waals surface area contributed by atoms with Gasteiger partial charge in [0.15, 0.2) is 0 Å². The van der Waals surface area contributed by atoms with Crippen LogP contribution < -0.4 is 0 Å². The van der Waals surface area contributed by atoms with Crippen molar-refractivity contribution in [1.29, 1.82) is 0 Å². The average molecular weight is 208 g/mol. The lowest BCUT2D eigenvalue weighted by atomic mass is 10.6. The molecule has 0 spiro atoms. The summed E-state index contributed by atoms with van der Waals surface area (Å²) in [7, 11) is 0. The predicted molar refractivity (Wildman–Crippen MR) is 52.7 cm³/mol. The van der Waals surface area contributed by atoms with Crippen LogP contribution >= 0.6 is 34.7 Å². The van der Waals surface area contributed by atoms with E-state index < -0.39 is 0 Å². The molecular formula is C7H10ClNS2. The Morgan fingerprint density at radius 1 is 1.73 bits per heavy atom. The summed E-state index contributed by atoms with van der Waals surface area (Å²) in [6, 6.07) is 0. The maximum absolute atomic E-state index is 5.64. The molecule has 0 unspecified atom stereocenters. The van der Waals surface area contributed by atoms with Gasteiger partial charge in [0.25, 0.3) is 0 Å². The molecule has 62 valence electrons. The van der Waals surface area contributed by atoms with Gasteiger partial charge in [-0.25, -0.2) is 4.98 Å². The van der Waals surface area contributed by atoms with Crippen LogP contribution in [0.25, 0.3) is 0 Å². The molecule has 1 aromatic rings. The van der Waals surface area contributed by atoms with Crippen molar-refractivity contribution in [2.75, 3.05) is 0 Å². The highest BCUT2D eigenvalue weighted by molar-refractivity contribution is 8.01. The minimum atomic E-state index is 0.580. The fraction of sp³-hybridized carbons (Fsp3) is 0.571. The van der Waals surface area contributed by atoms with Gasteiger partial charge in [-0.2, -0.15) is 0 Å². The molecule has 1 nitrogen and oxygen atoms in total. The quantitative estimate of drug-likeness (QED) is 0.557. The molecule has 0 saturated heterocycles. The van der Waals surface area contributed by atoms with Crippen LogP contribution in [0.15, 0.2) is 10.5 Å². The summed E-state index contributed by atoms with van der Waals surface area (Å²) in [6.45, 7) is 4.32. The van der Waals surface area contributed by atoms with Gasteiger partial charge >= 0.3 is 0 Å². The van der Waals surface area contributed by atoms with Gasteiger partial charge in [-0.1, -0.05) is 25.6 Å². The van der Waals surface area contributed by atoms with Gasteiger partial charge in [-0.05, 0) is 0 Å². The zero-order valence-corrected chi connectivity index (χ0v) is 8.89. The second-order valence-electron chi connectivity index (χ2n) is 2.39. The third-order valence-corrected chi connectivity index (χ3v) is 3.56. The van der Waals surface area contributed by atoms with Crippen LogP contribution in [0.4, 0.5) is 0 Å². The molecule has 0 aliphatic heterocycles. The van der Waals surface area contributed by atoms with Crippen LogP contribution in [0, 0.1) is 0 Å². The SMILES string of the molecule is CC(C)Sc1ncc(CCl)s1. The molecule has 0 saturated carbocycles. The number of aromatic nitrogens is 1. The normalized spacial score (nSPS) is 10.9. The molecule has 0 aliphatic carbocycles. The van der Waals surface area contributed by atoms with Crippen LogP contribution in [0.3, 0.4) is 0 Å². The van der Waals surface area contributed by atoms with E-state index in [4.69, 9.17) is 11.6 Å². The molecule has 0 bridgehead atoms. The lowest BCUT2D eigenvalue weighted by molar-refractivity contribution is 1.10. The maximum Gasteiger partial charge on any atom is 0.150 e. The molecule has 0 radical (unpaired) electrons. The first-order valence-electron chi connectivity index (χ1n) is 3.39. The van der Waals surface area contributed by atoms with E-state index in [1.54, 1.807) is 23.1 Å². The van der Waals surface area contributed by atoms with Gasteiger partial charge in [-0.3, -0.25) is 0 Å². The number of hydrogen-bond acceptors (Lipinski definition) is 3. The van der Waals surface area contributed by atoms with E-state index in [1.165, 1.54) is 0 Å². The third kappa shape index (κ3) is 3.01. The first-order chi connectivity index (χ1) is 5.22. The van der Waals surface area contributed by atoms with Crippen LogP contribution in [0.5, 0.6) is 0 Å². The Labute approximate surface area is 80.2 Å². The molecule has 4 heteroatoms. The second-order valence-corrected chi connectivity index (χ2v) is 5.60. The number of hydrogen-bond donors (Lipinski definition) is 0. The number of halogens is 1. The molecule has 0 aliphatic rings. The lowest BCUT2D eigenvalue weighted by Crippen LogP contribution is -1.83. The van der Waals surface area contributed by atoms with Crippen molar-refractivity contribution in [1.82, 2.24) is 4.98 Å². The van der Waals surface area contributed by atoms with E-state index in [0.29, 0.717) is 11.1 Å². The molecule has 0 aromatic carbocycles. The molecule has 1 heterocycles. The van der Waals surface area contributed by atoms with Crippen molar-refractivity contribution in [3.63, 3.8) is 0 Å². The monoisotopic (exact) mass is 207 g/mol. The zero-order chi connectivity index (χ0) is 8.27. The van der Waals surface area contributed by atoms with E-state index in [0.717, 1.165) is 9.22 Å². The summed E-state index contributed by atoms with van der Waals surface area (Å²) in [5, 5.41) is 0.601. The van der Waals surface area contributed by atoms with E-state index in [1.807, 2.05) is 6.20 Å². The zero-order valence-electron chi connectivity index (χ0n) is 6.50. The first kappa shape index (κ1) is 9.36. The highest BCUT2D eigenvalue weighted by Gasteiger charge is 2.03.